The molecule has 0 saturated heterocycles. The molecule has 2 rings (SSSR count). The minimum absolute atomic E-state index is 0.0683. The molecule has 1 aliphatic rings. The third-order valence-electron chi connectivity index (χ3n) is 2.87. The molecule has 0 unspecified atom stereocenters. The topological polar surface area (TPSA) is 59.3 Å². The number of aromatic nitrogens is 1. The van der Waals surface area contributed by atoms with Gasteiger partial charge in [-0.3, -0.25) is 10.1 Å². The lowest BCUT2D eigenvalue weighted by Gasteiger charge is -2.22. The summed E-state index contributed by atoms with van der Waals surface area (Å²) in [5, 5.41) is 10.9. The van der Waals surface area contributed by atoms with Gasteiger partial charge in [-0.25, -0.2) is 4.98 Å². The van der Waals surface area contributed by atoms with Gasteiger partial charge in [-0.2, -0.15) is 0 Å². The van der Waals surface area contributed by atoms with Crippen molar-refractivity contribution in [3.63, 3.8) is 0 Å². The fraction of sp³-hybridized carbons (Fsp3) is 0.545. The summed E-state index contributed by atoms with van der Waals surface area (Å²) < 4.78 is 0. The summed E-state index contributed by atoms with van der Waals surface area (Å²) >= 11 is 6.04. The maximum absolute atomic E-state index is 10.6. The zero-order valence-corrected chi connectivity index (χ0v) is 10.4. The van der Waals surface area contributed by atoms with Crippen molar-refractivity contribution < 1.29 is 4.92 Å². The molecular formula is C11H14ClN3O2. The van der Waals surface area contributed by atoms with Crippen LogP contribution in [0.1, 0.15) is 19.8 Å². The highest BCUT2D eigenvalue weighted by atomic mass is 35.5. The fourth-order valence-corrected chi connectivity index (χ4v) is 2.01. The molecule has 1 heterocycles. The second-order valence-electron chi connectivity index (χ2n) is 4.24. The predicted molar refractivity (Wildman–Crippen MR) is 66.5 cm³/mol. The van der Waals surface area contributed by atoms with Gasteiger partial charge >= 0.3 is 0 Å². The summed E-state index contributed by atoms with van der Waals surface area (Å²) in [6.45, 7) is 3.77. The van der Waals surface area contributed by atoms with Crippen molar-refractivity contribution in [3.05, 3.63) is 27.4 Å². The summed E-state index contributed by atoms with van der Waals surface area (Å²) in [6, 6.07) is 1.36. The number of nitro groups is 1. The smallest absolute Gasteiger partial charge is 0.289 e. The zero-order chi connectivity index (χ0) is 12.4. The minimum atomic E-state index is -0.486. The van der Waals surface area contributed by atoms with Crippen molar-refractivity contribution in [2.24, 2.45) is 5.92 Å². The largest absolute Gasteiger partial charge is 0.355 e. The number of hydrogen-bond acceptors (Lipinski definition) is 4. The molecule has 0 amide bonds. The Morgan fingerprint density at radius 1 is 1.65 bits per heavy atom. The SMILES string of the molecule is CCN(CC1CC1)c1ncc([N+](=O)[O-])cc1Cl. The van der Waals surface area contributed by atoms with Gasteiger partial charge in [-0.05, 0) is 25.7 Å². The fourth-order valence-electron chi connectivity index (χ4n) is 1.73. The summed E-state index contributed by atoms with van der Waals surface area (Å²) in [5.41, 5.74) is -0.0683. The molecule has 92 valence electrons. The van der Waals surface area contributed by atoms with Crippen LogP contribution in [0.4, 0.5) is 11.5 Å². The molecule has 1 fully saturated rings. The van der Waals surface area contributed by atoms with E-state index in [0.29, 0.717) is 10.8 Å². The average Bonchev–Trinajstić information content (AvgIpc) is 3.10. The van der Waals surface area contributed by atoms with Crippen molar-refractivity contribution in [1.82, 2.24) is 4.98 Å². The monoisotopic (exact) mass is 255 g/mol. The van der Waals surface area contributed by atoms with Crippen LogP contribution >= 0.6 is 11.6 Å². The second kappa shape index (κ2) is 4.87. The lowest BCUT2D eigenvalue weighted by Crippen LogP contribution is -2.26. The molecule has 0 spiro atoms. The Kier molecular flexibility index (Phi) is 3.47. The van der Waals surface area contributed by atoms with Gasteiger partial charge in [0.15, 0.2) is 0 Å². The van der Waals surface area contributed by atoms with Crippen LogP contribution in [0.5, 0.6) is 0 Å². The molecule has 1 aliphatic carbocycles. The van der Waals surface area contributed by atoms with Crippen molar-refractivity contribution in [2.75, 3.05) is 18.0 Å². The van der Waals surface area contributed by atoms with Crippen molar-refractivity contribution in [1.29, 1.82) is 0 Å². The molecule has 0 bridgehead atoms. The third kappa shape index (κ3) is 2.85. The molecule has 0 N–H and O–H groups in total. The first-order chi connectivity index (χ1) is 8.11. The molecule has 0 atom stereocenters. The first-order valence-electron chi connectivity index (χ1n) is 5.66. The summed E-state index contributed by atoms with van der Waals surface area (Å²) in [5.74, 6) is 1.37. The van der Waals surface area contributed by atoms with Crippen LogP contribution in [0.25, 0.3) is 0 Å². The van der Waals surface area contributed by atoms with Gasteiger partial charge in [-0.1, -0.05) is 11.6 Å². The molecule has 0 aliphatic heterocycles. The van der Waals surface area contributed by atoms with Crippen molar-refractivity contribution in [3.8, 4) is 0 Å². The normalized spacial score (nSPS) is 14.7. The number of hydrogen-bond donors (Lipinski definition) is 0. The van der Waals surface area contributed by atoms with E-state index in [0.717, 1.165) is 19.0 Å². The second-order valence-corrected chi connectivity index (χ2v) is 4.65. The van der Waals surface area contributed by atoms with E-state index in [4.69, 9.17) is 11.6 Å². The van der Waals surface area contributed by atoms with Gasteiger partial charge in [0, 0.05) is 19.2 Å². The van der Waals surface area contributed by atoms with E-state index in [-0.39, 0.29) is 5.69 Å². The van der Waals surface area contributed by atoms with Crippen molar-refractivity contribution in [2.45, 2.75) is 19.8 Å². The molecule has 5 nitrogen and oxygen atoms in total. The molecule has 17 heavy (non-hydrogen) atoms. The van der Waals surface area contributed by atoms with Gasteiger partial charge in [-0.15, -0.1) is 0 Å². The molecule has 1 aromatic heterocycles. The van der Waals surface area contributed by atoms with E-state index < -0.39 is 4.92 Å². The van der Waals surface area contributed by atoms with Crippen LogP contribution < -0.4 is 4.90 Å². The Morgan fingerprint density at radius 3 is 2.82 bits per heavy atom. The number of rotatable bonds is 5. The molecular weight excluding hydrogens is 242 g/mol. The Bertz CT molecular complexity index is 435. The van der Waals surface area contributed by atoms with Gasteiger partial charge in [0.2, 0.25) is 0 Å². The van der Waals surface area contributed by atoms with Gasteiger partial charge in [0.25, 0.3) is 5.69 Å². The Hall–Kier alpha value is -1.36. The van der Waals surface area contributed by atoms with Crippen LogP contribution in [0, 0.1) is 16.0 Å². The summed E-state index contributed by atoms with van der Waals surface area (Å²) in [4.78, 5) is 16.3. The zero-order valence-electron chi connectivity index (χ0n) is 9.60. The lowest BCUT2D eigenvalue weighted by molar-refractivity contribution is -0.385. The van der Waals surface area contributed by atoms with E-state index in [2.05, 4.69) is 9.88 Å². The van der Waals surface area contributed by atoms with Crippen LogP contribution in [-0.2, 0) is 0 Å². The lowest BCUT2D eigenvalue weighted by atomic mass is 10.3. The maximum Gasteiger partial charge on any atom is 0.289 e. The van der Waals surface area contributed by atoms with E-state index in [1.54, 1.807) is 0 Å². The average molecular weight is 256 g/mol. The van der Waals surface area contributed by atoms with Gasteiger partial charge in [0.1, 0.15) is 12.0 Å². The van der Waals surface area contributed by atoms with E-state index >= 15 is 0 Å². The number of pyridine rings is 1. The standard InChI is InChI=1S/C11H14ClN3O2/c1-2-14(7-8-3-4-8)11-10(12)5-9(6-13-11)15(16)17/h5-6,8H,2-4,7H2,1H3. The third-order valence-corrected chi connectivity index (χ3v) is 3.15. The van der Waals surface area contributed by atoms with E-state index in [1.807, 2.05) is 6.92 Å². The van der Waals surface area contributed by atoms with Crippen LogP contribution in [0.3, 0.4) is 0 Å². The number of nitrogens with zero attached hydrogens (tertiary/aromatic N) is 3. The summed E-state index contributed by atoms with van der Waals surface area (Å²) in [7, 11) is 0. The van der Waals surface area contributed by atoms with Crippen molar-refractivity contribution >= 4 is 23.1 Å². The molecule has 0 radical (unpaired) electrons. The maximum atomic E-state index is 10.6. The Morgan fingerprint density at radius 2 is 2.35 bits per heavy atom. The predicted octanol–water partition coefficient (Wildman–Crippen LogP) is 2.88. The molecule has 0 aromatic carbocycles. The van der Waals surface area contributed by atoms with Crippen LogP contribution in [0.2, 0.25) is 5.02 Å². The first kappa shape index (κ1) is 12.1. The van der Waals surface area contributed by atoms with E-state index in [9.17, 15) is 10.1 Å². The number of halogens is 1. The van der Waals surface area contributed by atoms with E-state index in [1.165, 1.54) is 25.1 Å². The highest BCUT2D eigenvalue weighted by molar-refractivity contribution is 6.33. The summed E-state index contributed by atoms with van der Waals surface area (Å²) in [6.07, 6.45) is 3.76. The highest BCUT2D eigenvalue weighted by Gasteiger charge is 2.25. The molecule has 1 saturated carbocycles. The van der Waals surface area contributed by atoms with Crippen LogP contribution in [0.15, 0.2) is 12.3 Å². The van der Waals surface area contributed by atoms with Gasteiger partial charge in [0.05, 0.1) is 9.95 Å². The molecule has 6 heteroatoms. The highest BCUT2D eigenvalue weighted by Crippen LogP contribution is 2.33. The molecule has 1 aromatic rings. The quantitative estimate of drug-likeness (QED) is 0.600. The first-order valence-corrected chi connectivity index (χ1v) is 6.04. The number of anilines is 1. The Labute approximate surface area is 105 Å². The Balaban J connectivity index is 2.20. The minimum Gasteiger partial charge on any atom is -0.355 e. The van der Waals surface area contributed by atoms with Gasteiger partial charge < -0.3 is 4.90 Å². The van der Waals surface area contributed by atoms with Crippen LogP contribution in [-0.4, -0.2) is 23.0 Å².